The SMILES string of the molecule is CCCCN(CCCC)C(=S)SSC(=S)N(CCCC)CCCC.CCN(CC)C(=S)SSC(=S)N(CC)CC.CN(C)C(=S)SC(=S)N(C)C.CN(C)C(=S)SSC(=S)N(C)C. The van der Waals surface area contributed by atoms with Crippen LogP contribution in [0.1, 0.15) is 107 Å². The monoisotopic (exact) mass is 1150 g/mol. The molecule has 0 aromatic rings. The second-order valence-electron chi connectivity index (χ2n) is 14.0. The van der Waals surface area contributed by atoms with Crippen molar-refractivity contribution in [3.8, 4) is 0 Å². The first-order valence-corrected chi connectivity index (χ1v) is 31.9. The summed E-state index contributed by atoms with van der Waals surface area (Å²) in [5.74, 6) is 0. The molecule has 0 heterocycles. The summed E-state index contributed by atoms with van der Waals surface area (Å²) in [6.07, 6.45) is 9.67. The van der Waals surface area contributed by atoms with Crippen LogP contribution in [0.4, 0.5) is 0 Å². The Balaban J connectivity index is -0.000000388. The van der Waals surface area contributed by atoms with Crippen LogP contribution in [0.3, 0.4) is 0 Å². The van der Waals surface area contributed by atoms with E-state index in [4.69, 9.17) is 97.7 Å². The summed E-state index contributed by atoms with van der Waals surface area (Å²) >= 11 is 43.7. The number of thiocarbonyl (C=S) groups is 8. The maximum atomic E-state index is 5.67. The van der Waals surface area contributed by atoms with E-state index in [2.05, 4.69) is 75.0 Å². The summed E-state index contributed by atoms with van der Waals surface area (Å²) in [7, 11) is 24.9. The summed E-state index contributed by atoms with van der Waals surface area (Å²) in [5, 5.41) is 0. The normalized spacial score (nSPS) is 9.97. The number of unbranched alkanes of at least 4 members (excludes halogenated alkanes) is 4. The van der Waals surface area contributed by atoms with Crippen LogP contribution in [0.25, 0.3) is 0 Å². The van der Waals surface area contributed by atoms with Gasteiger partial charge in [0, 0.05) is 109 Å². The van der Waals surface area contributed by atoms with Crippen LogP contribution in [0.5, 0.6) is 0 Å². The molecule has 0 bridgehead atoms. The Hall–Kier alpha value is 1.57. The van der Waals surface area contributed by atoms with Crippen LogP contribution in [0.15, 0.2) is 0 Å². The maximum Gasteiger partial charge on any atom is 0.147 e. The Morgan fingerprint density at radius 1 is 0.286 bits per heavy atom. The van der Waals surface area contributed by atoms with Gasteiger partial charge in [-0.25, -0.2) is 0 Å². The molecule has 63 heavy (non-hydrogen) atoms. The van der Waals surface area contributed by atoms with Crippen LogP contribution < -0.4 is 0 Å². The van der Waals surface area contributed by atoms with Crippen LogP contribution in [-0.2, 0) is 0 Å². The Labute approximate surface area is 458 Å². The molecule has 0 aromatic carbocycles. The van der Waals surface area contributed by atoms with Crippen molar-refractivity contribution in [1.29, 1.82) is 0 Å². The Bertz CT molecular complexity index is 1170. The molecule has 370 valence electrons. The van der Waals surface area contributed by atoms with Crippen molar-refractivity contribution in [2.24, 2.45) is 0 Å². The molecule has 0 rings (SSSR count). The van der Waals surface area contributed by atoms with Crippen molar-refractivity contribution in [3.05, 3.63) is 0 Å². The quantitative estimate of drug-likeness (QED) is 0.108. The van der Waals surface area contributed by atoms with Gasteiger partial charge in [-0.15, -0.1) is 0 Å². The van der Waals surface area contributed by atoms with Gasteiger partial charge in [0.2, 0.25) is 0 Å². The van der Waals surface area contributed by atoms with Gasteiger partial charge < -0.3 is 39.2 Å². The highest BCUT2D eigenvalue weighted by Crippen LogP contribution is 2.30. The van der Waals surface area contributed by atoms with Gasteiger partial charge in [0.15, 0.2) is 0 Å². The first-order valence-electron chi connectivity index (χ1n) is 21.3. The van der Waals surface area contributed by atoms with E-state index in [1.165, 1.54) is 84.7 Å². The van der Waals surface area contributed by atoms with Gasteiger partial charge in [-0.2, -0.15) is 0 Å². The molecule has 0 N–H and O–H groups in total. The lowest BCUT2D eigenvalue weighted by Gasteiger charge is -2.27. The van der Waals surface area contributed by atoms with Crippen molar-refractivity contribution in [1.82, 2.24) is 39.2 Å². The molecule has 0 amide bonds. The van der Waals surface area contributed by atoms with Gasteiger partial charge in [-0.05, 0) is 130 Å². The van der Waals surface area contributed by atoms with Crippen LogP contribution in [0, 0.1) is 0 Å². The van der Waals surface area contributed by atoms with Gasteiger partial charge in [-0.1, -0.05) is 151 Å². The minimum atomic E-state index is 0.795. The molecule has 0 unspecified atom stereocenters. The first-order chi connectivity index (χ1) is 29.6. The highest BCUT2D eigenvalue weighted by molar-refractivity contribution is 8.90. The predicted octanol–water partition coefficient (Wildman–Crippen LogP) is 13.8. The number of hydrogen-bond acceptors (Lipinski definition) is 15. The van der Waals surface area contributed by atoms with Crippen LogP contribution in [0.2, 0.25) is 0 Å². The van der Waals surface area contributed by atoms with Crippen LogP contribution >= 0.6 is 174 Å². The minimum Gasteiger partial charge on any atom is -0.363 e. The van der Waals surface area contributed by atoms with Crippen molar-refractivity contribution in [3.63, 3.8) is 0 Å². The zero-order valence-corrected chi connectivity index (χ0v) is 53.3. The van der Waals surface area contributed by atoms with E-state index in [9.17, 15) is 0 Å². The van der Waals surface area contributed by atoms with Crippen molar-refractivity contribution in [2.45, 2.75) is 107 Å². The van der Waals surface area contributed by atoms with Gasteiger partial charge in [0.1, 0.15) is 34.6 Å². The average molecular weight is 1150 g/mol. The third-order valence-electron chi connectivity index (χ3n) is 7.87. The summed E-state index contributed by atoms with van der Waals surface area (Å²) in [6, 6.07) is 0. The van der Waals surface area contributed by atoms with E-state index >= 15 is 0 Å². The molecular formula is C40H80N8S15. The van der Waals surface area contributed by atoms with E-state index in [-0.39, 0.29) is 0 Å². The lowest BCUT2D eigenvalue weighted by molar-refractivity contribution is 0.410. The molecule has 0 saturated heterocycles. The van der Waals surface area contributed by atoms with E-state index in [1.54, 1.807) is 43.2 Å². The lowest BCUT2D eigenvalue weighted by Crippen LogP contribution is -2.31. The molecule has 0 fully saturated rings. The third-order valence-corrected chi connectivity index (χ3v) is 21.8. The fourth-order valence-electron chi connectivity index (χ4n) is 3.78. The van der Waals surface area contributed by atoms with E-state index < -0.39 is 0 Å². The fourth-order valence-corrected chi connectivity index (χ4v) is 13.1. The van der Waals surface area contributed by atoms with E-state index in [1.807, 2.05) is 76.0 Å². The Morgan fingerprint density at radius 3 is 0.651 bits per heavy atom. The molecule has 0 aliphatic carbocycles. The highest BCUT2D eigenvalue weighted by Gasteiger charge is 2.15. The van der Waals surface area contributed by atoms with Crippen molar-refractivity contribution >= 4 is 209 Å². The fraction of sp³-hybridized carbons (Fsp3) is 0.800. The van der Waals surface area contributed by atoms with E-state index in [0.29, 0.717) is 0 Å². The third kappa shape index (κ3) is 41.1. The summed E-state index contributed by atoms with van der Waals surface area (Å²) in [6.45, 7) is 25.5. The molecular weight excluding hydrogens is 1070 g/mol. The van der Waals surface area contributed by atoms with Gasteiger partial charge in [-0.3, -0.25) is 0 Å². The van der Waals surface area contributed by atoms with Gasteiger partial charge in [0.05, 0.1) is 0 Å². The lowest BCUT2D eigenvalue weighted by atomic mass is 10.3. The number of nitrogens with zero attached hydrogens (tertiary/aromatic N) is 8. The second-order valence-corrected chi connectivity index (χ2v) is 26.5. The average Bonchev–Trinajstić information content (AvgIpc) is 3.25. The molecule has 0 spiro atoms. The standard InChI is InChI=1S/C18H36N2S4.C10H20N2S4.C6H12N2S4.C6H12N2S3/c1-5-9-13-19(14-10-6-2)17(21)23-24-18(22)20(15-11-7-3)16-12-8-4;1-5-11(6-2)9(13)15-16-10(14)12(7-3)8-4;1-7(2)5(9)11-12-6(10)8(3)4;1-7(2)5(9)11-6(10)8(3)4/h5-16H2,1-4H3;5-8H2,1-4H3;1-4H3;1-4H3. The number of hydrogen-bond donors (Lipinski definition) is 0. The summed E-state index contributed by atoms with van der Waals surface area (Å²) in [5.41, 5.74) is 0. The topological polar surface area (TPSA) is 25.9 Å². The smallest absolute Gasteiger partial charge is 0.147 e. The number of thioether (sulfide) groups is 1. The van der Waals surface area contributed by atoms with Crippen molar-refractivity contribution < 1.29 is 0 Å². The first kappa shape index (κ1) is 71.1. The number of rotatable bonds is 16. The molecule has 0 aliphatic heterocycles. The zero-order valence-electron chi connectivity index (χ0n) is 41.0. The van der Waals surface area contributed by atoms with Gasteiger partial charge in [0.25, 0.3) is 0 Å². The Morgan fingerprint density at radius 2 is 0.476 bits per heavy atom. The van der Waals surface area contributed by atoms with Crippen molar-refractivity contribution in [2.75, 3.05) is 109 Å². The second kappa shape index (κ2) is 47.3. The maximum absolute atomic E-state index is 5.67. The van der Waals surface area contributed by atoms with E-state index in [0.717, 1.165) is 86.9 Å². The van der Waals surface area contributed by atoms with Gasteiger partial charge >= 0.3 is 0 Å². The molecule has 23 heteroatoms. The molecule has 0 aliphatic rings. The predicted molar refractivity (Wildman–Crippen MR) is 337 cm³/mol. The highest BCUT2D eigenvalue weighted by atomic mass is 33.1. The largest absolute Gasteiger partial charge is 0.363 e. The molecule has 8 nitrogen and oxygen atoms in total. The molecule has 0 atom stereocenters. The minimum absolute atomic E-state index is 0.795. The zero-order chi connectivity index (χ0) is 49.5. The molecule has 0 saturated carbocycles. The molecule has 0 radical (unpaired) electrons. The summed E-state index contributed by atoms with van der Waals surface area (Å²) in [4.78, 5) is 16.6. The molecule has 0 aromatic heterocycles. The Kier molecular flexibility index (Phi) is 53.4. The van der Waals surface area contributed by atoms with Crippen LogP contribution in [-0.4, -0.2) is 183 Å². The summed E-state index contributed by atoms with van der Waals surface area (Å²) < 4.78 is 7.10.